The summed E-state index contributed by atoms with van der Waals surface area (Å²) in [4.78, 5) is 10.9. The molecule has 0 amide bonds. The van der Waals surface area contributed by atoms with Crippen LogP contribution in [0.1, 0.15) is 27.2 Å². The van der Waals surface area contributed by atoms with Gasteiger partial charge in [0.15, 0.2) is 6.29 Å². The summed E-state index contributed by atoms with van der Waals surface area (Å²) in [5.74, 6) is 0.861. The molecule has 1 N–H and O–H groups in total. The Balaban J connectivity index is 1.49. The van der Waals surface area contributed by atoms with Crippen LogP contribution in [0.3, 0.4) is 0 Å². The fraction of sp³-hybridized carbons (Fsp3) is 0.200. The summed E-state index contributed by atoms with van der Waals surface area (Å²) in [5.41, 5.74) is 5.93. The van der Waals surface area contributed by atoms with Crippen molar-refractivity contribution in [2.24, 2.45) is 0 Å². The van der Waals surface area contributed by atoms with Crippen LogP contribution in [0.2, 0.25) is 0 Å². The molecule has 0 saturated heterocycles. The lowest BCUT2D eigenvalue weighted by atomic mass is 10.1. The molecule has 4 nitrogen and oxygen atoms in total. The van der Waals surface area contributed by atoms with E-state index in [2.05, 4.69) is 34.5 Å². The summed E-state index contributed by atoms with van der Waals surface area (Å²) >= 11 is 0. The van der Waals surface area contributed by atoms with Crippen LogP contribution in [0.4, 0.5) is 0 Å². The molecule has 0 unspecified atom stereocenters. The molecule has 0 radical (unpaired) electrons. The zero-order valence-corrected chi connectivity index (χ0v) is 13.5. The van der Waals surface area contributed by atoms with E-state index in [1.165, 1.54) is 11.1 Å². The van der Waals surface area contributed by atoms with E-state index in [4.69, 9.17) is 4.74 Å². The van der Waals surface area contributed by atoms with Gasteiger partial charge in [-0.3, -0.25) is 9.89 Å². The molecule has 0 atom stereocenters. The molecule has 1 aliphatic carbocycles. The molecule has 24 heavy (non-hydrogen) atoms. The van der Waals surface area contributed by atoms with Crippen molar-refractivity contribution >= 4 is 6.29 Å². The van der Waals surface area contributed by atoms with Gasteiger partial charge < -0.3 is 4.74 Å². The van der Waals surface area contributed by atoms with Crippen LogP contribution in [-0.4, -0.2) is 22.6 Å². The minimum atomic E-state index is 0.196. The molecule has 1 aliphatic rings. The highest BCUT2D eigenvalue weighted by Gasteiger charge is 2.22. The van der Waals surface area contributed by atoms with Crippen molar-refractivity contribution < 1.29 is 9.53 Å². The van der Waals surface area contributed by atoms with Gasteiger partial charge in [0.05, 0.1) is 5.69 Å². The van der Waals surface area contributed by atoms with Crippen molar-refractivity contribution in [3.63, 3.8) is 0 Å². The summed E-state index contributed by atoms with van der Waals surface area (Å²) in [6.07, 6.45) is 2.90. The van der Waals surface area contributed by atoms with Crippen molar-refractivity contribution in [1.82, 2.24) is 10.2 Å². The van der Waals surface area contributed by atoms with E-state index in [9.17, 15) is 4.79 Å². The highest BCUT2D eigenvalue weighted by atomic mass is 16.5. The largest absolute Gasteiger partial charge is 0.490 e. The molecule has 0 fully saturated rings. The summed E-state index contributed by atoms with van der Waals surface area (Å²) < 4.78 is 6.12. The van der Waals surface area contributed by atoms with E-state index in [1.807, 2.05) is 31.2 Å². The minimum absolute atomic E-state index is 0.196. The molecule has 1 aromatic heterocycles. The molecule has 0 saturated carbocycles. The number of nitrogens with one attached hydrogen (secondary N) is 1. The average molecular weight is 318 g/mol. The lowest BCUT2D eigenvalue weighted by molar-refractivity contribution is 0.111. The topological polar surface area (TPSA) is 55.0 Å². The number of carbonyl (C=O) groups is 1. The predicted molar refractivity (Wildman–Crippen MR) is 92.4 cm³/mol. The van der Waals surface area contributed by atoms with Crippen LogP contribution in [0.15, 0.2) is 48.5 Å². The van der Waals surface area contributed by atoms with Crippen LogP contribution in [0.5, 0.6) is 5.75 Å². The monoisotopic (exact) mass is 318 g/mol. The zero-order valence-electron chi connectivity index (χ0n) is 13.5. The lowest BCUT2D eigenvalue weighted by Crippen LogP contribution is -2.16. The summed E-state index contributed by atoms with van der Waals surface area (Å²) in [6.45, 7) is 1.89. The average Bonchev–Trinajstić information content (AvgIpc) is 3.18. The Morgan fingerprint density at radius 1 is 1.08 bits per heavy atom. The van der Waals surface area contributed by atoms with Crippen molar-refractivity contribution in [1.29, 1.82) is 0 Å². The number of H-pyrrole nitrogens is 1. The summed E-state index contributed by atoms with van der Waals surface area (Å²) in [6, 6.07) is 16.4. The van der Waals surface area contributed by atoms with Gasteiger partial charge in [0, 0.05) is 24.0 Å². The number of fused-ring (bicyclic) bond motifs is 1. The van der Waals surface area contributed by atoms with E-state index in [-0.39, 0.29) is 6.10 Å². The van der Waals surface area contributed by atoms with Gasteiger partial charge in [-0.2, -0.15) is 5.10 Å². The van der Waals surface area contributed by atoms with E-state index in [0.29, 0.717) is 5.69 Å². The molecule has 120 valence electrons. The van der Waals surface area contributed by atoms with Gasteiger partial charge >= 0.3 is 0 Å². The maximum atomic E-state index is 10.9. The molecule has 1 heterocycles. The van der Waals surface area contributed by atoms with Gasteiger partial charge in [0.2, 0.25) is 0 Å². The van der Waals surface area contributed by atoms with Gasteiger partial charge in [-0.1, -0.05) is 24.3 Å². The Hall–Kier alpha value is -2.88. The summed E-state index contributed by atoms with van der Waals surface area (Å²) in [7, 11) is 0. The van der Waals surface area contributed by atoms with Crippen LogP contribution in [-0.2, 0) is 12.8 Å². The molecule has 0 bridgehead atoms. The lowest BCUT2D eigenvalue weighted by Gasteiger charge is -2.13. The van der Waals surface area contributed by atoms with Gasteiger partial charge in [-0.25, -0.2) is 0 Å². The fourth-order valence-electron chi connectivity index (χ4n) is 3.29. The van der Waals surface area contributed by atoms with Gasteiger partial charge in [-0.15, -0.1) is 0 Å². The summed E-state index contributed by atoms with van der Waals surface area (Å²) in [5, 5.41) is 6.98. The quantitative estimate of drug-likeness (QED) is 0.746. The van der Waals surface area contributed by atoms with Crippen LogP contribution in [0, 0.1) is 6.92 Å². The molecule has 4 rings (SSSR count). The number of nitrogens with zero attached hydrogens (tertiary/aromatic N) is 1. The van der Waals surface area contributed by atoms with Gasteiger partial charge in [0.1, 0.15) is 17.5 Å². The fourth-order valence-corrected chi connectivity index (χ4v) is 3.29. The third-order valence-corrected chi connectivity index (χ3v) is 4.61. The first kappa shape index (κ1) is 14.7. The Morgan fingerprint density at radius 3 is 2.33 bits per heavy atom. The second-order valence-corrected chi connectivity index (χ2v) is 6.17. The normalized spacial score (nSPS) is 13.7. The highest BCUT2D eigenvalue weighted by molar-refractivity contribution is 5.79. The van der Waals surface area contributed by atoms with Crippen LogP contribution < -0.4 is 4.74 Å². The van der Waals surface area contributed by atoms with Crippen molar-refractivity contribution in [2.45, 2.75) is 25.9 Å². The Morgan fingerprint density at radius 2 is 1.75 bits per heavy atom. The first-order chi connectivity index (χ1) is 11.7. The van der Waals surface area contributed by atoms with Crippen molar-refractivity contribution in [3.05, 3.63) is 70.9 Å². The number of aromatic amines is 1. The molecule has 0 spiro atoms. The first-order valence-electron chi connectivity index (χ1n) is 8.08. The van der Waals surface area contributed by atoms with E-state index >= 15 is 0 Å². The number of rotatable bonds is 4. The molecule has 4 heteroatoms. The van der Waals surface area contributed by atoms with E-state index in [1.54, 1.807) is 0 Å². The number of aldehydes is 1. The van der Waals surface area contributed by atoms with Crippen molar-refractivity contribution in [2.75, 3.05) is 0 Å². The van der Waals surface area contributed by atoms with Crippen LogP contribution in [0.25, 0.3) is 11.3 Å². The maximum absolute atomic E-state index is 10.9. The number of benzene rings is 2. The third kappa shape index (κ3) is 2.60. The molecule has 0 aliphatic heterocycles. The smallest absolute Gasteiger partial charge is 0.168 e. The molecular formula is C20H18N2O2. The number of ether oxygens (including phenoxy) is 1. The Kier molecular flexibility index (Phi) is 3.65. The van der Waals surface area contributed by atoms with E-state index in [0.717, 1.165) is 41.7 Å². The van der Waals surface area contributed by atoms with Crippen LogP contribution >= 0.6 is 0 Å². The zero-order chi connectivity index (χ0) is 16.5. The maximum Gasteiger partial charge on any atom is 0.168 e. The molecular weight excluding hydrogens is 300 g/mol. The van der Waals surface area contributed by atoms with Crippen molar-refractivity contribution in [3.8, 4) is 17.0 Å². The first-order valence-corrected chi connectivity index (χ1v) is 8.08. The Labute approximate surface area is 140 Å². The second-order valence-electron chi connectivity index (χ2n) is 6.17. The van der Waals surface area contributed by atoms with E-state index < -0.39 is 0 Å². The number of hydrogen-bond acceptors (Lipinski definition) is 3. The second kappa shape index (κ2) is 5.96. The third-order valence-electron chi connectivity index (χ3n) is 4.61. The minimum Gasteiger partial charge on any atom is -0.490 e. The molecule has 3 aromatic rings. The van der Waals surface area contributed by atoms with Gasteiger partial charge in [-0.05, 0) is 42.3 Å². The highest BCUT2D eigenvalue weighted by Crippen LogP contribution is 2.28. The Bertz CT molecular complexity index is 856. The SMILES string of the molecule is Cc1c(-c2ccc(OC3Cc4ccccc4C3)cc2)n[nH]c1C=O. The molecule has 2 aromatic carbocycles. The standard InChI is InChI=1S/C20H18N2O2/c1-13-19(12-23)21-22-20(13)14-6-8-17(9-7-14)24-18-10-15-4-2-3-5-16(15)11-18/h2-9,12,18H,10-11H2,1H3,(H,21,22). The number of hydrogen-bond donors (Lipinski definition) is 1. The number of carbonyl (C=O) groups excluding carboxylic acids is 1. The van der Waals surface area contributed by atoms with Gasteiger partial charge in [0.25, 0.3) is 0 Å². The number of aromatic nitrogens is 2. The predicted octanol–water partition coefficient (Wildman–Crippen LogP) is 3.74.